The van der Waals surface area contributed by atoms with Gasteiger partial charge in [0.1, 0.15) is 0 Å². The lowest BCUT2D eigenvalue weighted by Gasteiger charge is -2.31. The molecule has 25 heavy (non-hydrogen) atoms. The van der Waals surface area contributed by atoms with Crippen LogP contribution in [-0.2, 0) is 11.2 Å². The molecule has 2 rings (SSSR count). The third-order valence-corrected chi connectivity index (χ3v) is 3.98. The lowest BCUT2D eigenvalue weighted by molar-refractivity contribution is -0.496. The summed E-state index contributed by atoms with van der Waals surface area (Å²) in [6, 6.07) is 3.30. The minimum atomic E-state index is -3.89. The third kappa shape index (κ3) is 4.49. The predicted molar refractivity (Wildman–Crippen MR) is 96.4 cm³/mol. The SMILES string of the molecule is C#CCNC(=O)CCc1ccc2n1[B-](F)(F)[NH2+]C(/C(C)=C\C(=C)C)=C2. The van der Waals surface area contributed by atoms with Crippen LogP contribution in [0.25, 0.3) is 6.08 Å². The van der Waals surface area contributed by atoms with Crippen LogP contribution >= 0.6 is 0 Å². The quantitative estimate of drug-likeness (QED) is 0.461. The van der Waals surface area contributed by atoms with Crippen LogP contribution in [-0.4, -0.2) is 23.9 Å². The maximum atomic E-state index is 14.7. The van der Waals surface area contributed by atoms with Crippen LogP contribution in [0.1, 0.15) is 31.7 Å². The van der Waals surface area contributed by atoms with Gasteiger partial charge in [0.05, 0.1) is 12.2 Å². The number of carbonyl (C=O) groups is 1. The molecule has 1 amide bonds. The number of fused-ring (bicyclic) bond motifs is 1. The summed E-state index contributed by atoms with van der Waals surface area (Å²) < 4.78 is 30.5. The molecule has 0 atom stereocenters. The zero-order valence-electron chi connectivity index (χ0n) is 14.5. The summed E-state index contributed by atoms with van der Waals surface area (Å²) in [6.07, 6.45) is 8.93. The highest BCUT2D eigenvalue weighted by Gasteiger charge is 2.42. The average molecular weight is 345 g/mol. The van der Waals surface area contributed by atoms with E-state index in [2.05, 4.69) is 17.8 Å². The molecule has 0 spiro atoms. The molecule has 1 aliphatic rings. The highest BCUT2D eigenvalue weighted by Crippen LogP contribution is 2.23. The Kier molecular flexibility index (Phi) is 5.65. The summed E-state index contributed by atoms with van der Waals surface area (Å²) in [5, 5.41) is 3.54. The molecule has 0 saturated carbocycles. The van der Waals surface area contributed by atoms with Crippen molar-refractivity contribution in [1.29, 1.82) is 0 Å². The molecule has 0 saturated heterocycles. The molecule has 1 aromatic heterocycles. The monoisotopic (exact) mass is 345 g/mol. The lowest BCUT2D eigenvalue weighted by Crippen LogP contribution is -2.99. The van der Waals surface area contributed by atoms with Gasteiger partial charge in [0, 0.05) is 23.8 Å². The van der Waals surface area contributed by atoms with Gasteiger partial charge in [-0.25, -0.2) is 0 Å². The molecule has 0 radical (unpaired) electrons. The van der Waals surface area contributed by atoms with E-state index in [0.29, 0.717) is 17.1 Å². The molecule has 4 nitrogen and oxygen atoms in total. The third-order valence-electron chi connectivity index (χ3n) is 3.98. The Balaban J connectivity index is 2.24. The molecule has 0 aromatic carbocycles. The van der Waals surface area contributed by atoms with Crippen molar-refractivity contribution in [2.45, 2.75) is 26.7 Å². The molecule has 1 aromatic rings. The Bertz CT molecular complexity index is 800. The zero-order valence-corrected chi connectivity index (χ0v) is 14.5. The number of aromatic nitrogens is 1. The highest BCUT2D eigenvalue weighted by molar-refractivity contribution is 6.55. The van der Waals surface area contributed by atoms with Gasteiger partial charge in [-0.1, -0.05) is 24.1 Å². The number of halogens is 2. The Morgan fingerprint density at radius 3 is 2.84 bits per heavy atom. The molecule has 1 aliphatic heterocycles. The van der Waals surface area contributed by atoms with Gasteiger partial charge >= 0.3 is 6.97 Å². The summed E-state index contributed by atoms with van der Waals surface area (Å²) in [7, 11) is 0. The largest absolute Gasteiger partial charge is 0.662 e. The fourth-order valence-electron chi connectivity index (χ4n) is 2.93. The van der Waals surface area contributed by atoms with Crippen LogP contribution in [0.4, 0.5) is 8.63 Å². The number of nitrogens with one attached hydrogen (secondary N) is 1. The fraction of sp³-hybridized carbons (Fsp3) is 0.278. The van der Waals surface area contributed by atoms with E-state index in [0.717, 1.165) is 20.9 Å². The second kappa shape index (κ2) is 7.54. The first kappa shape index (κ1) is 18.7. The molecule has 0 fully saturated rings. The van der Waals surface area contributed by atoms with E-state index in [4.69, 9.17) is 6.42 Å². The zero-order chi connectivity index (χ0) is 18.6. The number of allylic oxidation sites excluding steroid dienone is 3. The summed E-state index contributed by atoms with van der Waals surface area (Å²) in [6.45, 7) is 3.64. The van der Waals surface area contributed by atoms with Gasteiger partial charge in [-0.15, -0.1) is 6.42 Å². The van der Waals surface area contributed by atoms with E-state index in [1.807, 2.05) is 6.92 Å². The number of terminal acetylenes is 1. The number of rotatable bonds is 6. The van der Waals surface area contributed by atoms with Crippen molar-refractivity contribution in [2.24, 2.45) is 0 Å². The van der Waals surface area contributed by atoms with Crippen LogP contribution in [0.5, 0.6) is 0 Å². The molecule has 2 heterocycles. The van der Waals surface area contributed by atoms with E-state index in [-0.39, 0.29) is 25.3 Å². The van der Waals surface area contributed by atoms with E-state index in [9.17, 15) is 13.4 Å². The summed E-state index contributed by atoms with van der Waals surface area (Å²) in [4.78, 5) is 11.6. The van der Waals surface area contributed by atoms with Crippen LogP contribution < -0.4 is 10.5 Å². The van der Waals surface area contributed by atoms with E-state index < -0.39 is 6.97 Å². The minimum Gasteiger partial charge on any atom is -0.421 e. The Morgan fingerprint density at radius 1 is 1.48 bits per heavy atom. The van der Waals surface area contributed by atoms with Crippen LogP contribution in [0.3, 0.4) is 0 Å². The van der Waals surface area contributed by atoms with Gasteiger partial charge in [-0.2, -0.15) is 0 Å². The van der Waals surface area contributed by atoms with E-state index in [1.165, 1.54) is 0 Å². The number of hydrogen-bond acceptors (Lipinski definition) is 1. The minimum absolute atomic E-state index is 0.114. The van der Waals surface area contributed by atoms with Crippen LogP contribution in [0.15, 0.2) is 41.6 Å². The first-order valence-electron chi connectivity index (χ1n) is 8.09. The van der Waals surface area contributed by atoms with E-state index in [1.54, 1.807) is 31.2 Å². The first-order valence-corrected chi connectivity index (χ1v) is 8.09. The molecule has 0 aliphatic carbocycles. The number of amides is 1. The average Bonchev–Trinajstić information content (AvgIpc) is 2.93. The van der Waals surface area contributed by atoms with Gasteiger partial charge < -0.3 is 23.7 Å². The van der Waals surface area contributed by atoms with Crippen molar-refractivity contribution in [2.75, 3.05) is 6.54 Å². The smallest absolute Gasteiger partial charge is 0.421 e. The number of hydrogen-bond donors (Lipinski definition) is 2. The first-order chi connectivity index (χ1) is 11.7. The van der Waals surface area contributed by atoms with Crippen molar-refractivity contribution >= 4 is 19.0 Å². The van der Waals surface area contributed by atoms with Gasteiger partial charge in [0.25, 0.3) is 0 Å². The van der Waals surface area contributed by atoms with Gasteiger partial charge in [-0.3, -0.25) is 4.79 Å². The Labute approximate surface area is 146 Å². The number of nitrogens with two attached hydrogens (primary N) is 1. The second-order valence-electron chi connectivity index (χ2n) is 6.22. The lowest BCUT2D eigenvalue weighted by atomic mass is 9.90. The van der Waals surface area contributed by atoms with E-state index >= 15 is 0 Å². The van der Waals surface area contributed by atoms with Crippen molar-refractivity contribution in [3.8, 4) is 12.3 Å². The topological polar surface area (TPSA) is 50.6 Å². The Hall–Kier alpha value is -2.59. The second-order valence-corrected chi connectivity index (χ2v) is 6.22. The standard InChI is InChI=1S/C18H22BF2N3O/c1-5-10-22-18(25)9-8-15-6-7-16-12-17(14(4)11-13(2)3)23-19(20,21)24(15)16/h1,6-7,11-12H,2,8-10,23H2,3-4H3,(H,22,25)/b14-11-. The maximum absolute atomic E-state index is 14.7. The summed E-state index contributed by atoms with van der Waals surface area (Å²) in [5.41, 5.74) is 2.93. The molecular weight excluding hydrogens is 323 g/mol. The maximum Gasteiger partial charge on any atom is 0.662 e. The molecular formula is C18H22BF2N3O. The molecule has 0 bridgehead atoms. The Morgan fingerprint density at radius 2 is 2.20 bits per heavy atom. The molecule has 132 valence electrons. The number of quaternary nitrogens is 1. The van der Waals surface area contributed by atoms with Crippen molar-refractivity contribution in [3.05, 3.63) is 53.0 Å². The number of aryl methyl sites for hydroxylation is 1. The number of carbonyl (C=O) groups excluding carboxylic acids is 1. The molecule has 7 heteroatoms. The molecule has 3 N–H and O–H groups in total. The fourth-order valence-corrected chi connectivity index (χ4v) is 2.93. The molecule has 0 unspecified atom stereocenters. The van der Waals surface area contributed by atoms with Crippen molar-refractivity contribution < 1.29 is 18.7 Å². The van der Waals surface area contributed by atoms with Crippen molar-refractivity contribution in [1.82, 2.24) is 9.79 Å². The van der Waals surface area contributed by atoms with Gasteiger partial charge in [-0.05, 0) is 38.1 Å². The predicted octanol–water partition coefficient (Wildman–Crippen LogP) is 1.83. The summed E-state index contributed by atoms with van der Waals surface area (Å²) >= 11 is 0. The van der Waals surface area contributed by atoms with Crippen molar-refractivity contribution in [3.63, 3.8) is 0 Å². The van der Waals surface area contributed by atoms with Crippen LogP contribution in [0.2, 0.25) is 0 Å². The highest BCUT2D eigenvalue weighted by atomic mass is 19.2. The number of nitrogens with zero attached hydrogens (tertiary/aromatic N) is 1. The van der Waals surface area contributed by atoms with Crippen LogP contribution in [0, 0.1) is 12.3 Å². The van der Waals surface area contributed by atoms with Gasteiger partial charge in [0.2, 0.25) is 5.91 Å². The normalized spacial score (nSPS) is 15.8. The van der Waals surface area contributed by atoms with Gasteiger partial charge in [0.15, 0.2) is 0 Å². The summed E-state index contributed by atoms with van der Waals surface area (Å²) in [5.74, 6) is 2.06.